The maximum absolute atomic E-state index is 12.4. The van der Waals surface area contributed by atoms with Crippen molar-refractivity contribution in [1.82, 2.24) is 15.9 Å². The number of nitrogens with zero attached hydrogens (tertiary/aromatic N) is 2. The van der Waals surface area contributed by atoms with Gasteiger partial charge < -0.3 is 4.74 Å². The Bertz CT molecular complexity index is 1010. The Balaban J connectivity index is 1.46. The zero-order chi connectivity index (χ0) is 24.0. The van der Waals surface area contributed by atoms with Crippen LogP contribution in [-0.4, -0.2) is 42.3 Å². The summed E-state index contributed by atoms with van der Waals surface area (Å²) in [5, 5.41) is 1.90. The Morgan fingerprint density at radius 2 is 2.00 bits per heavy atom. The van der Waals surface area contributed by atoms with E-state index in [-0.39, 0.29) is 30.7 Å². The Hall–Kier alpha value is -2.67. The molecule has 0 radical (unpaired) electrons. The van der Waals surface area contributed by atoms with Gasteiger partial charge in [-0.15, -0.1) is 24.9 Å². The van der Waals surface area contributed by atoms with Gasteiger partial charge in [-0.05, 0) is 29.8 Å². The normalized spacial score (nSPS) is 12.9. The van der Waals surface area contributed by atoms with Crippen LogP contribution in [0.5, 0.6) is 5.75 Å². The van der Waals surface area contributed by atoms with E-state index >= 15 is 0 Å². The van der Waals surface area contributed by atoms with Crippen LogP contribution in [0.4, 0.5) is 23.7 Å². The maximum atomic E-state index is 12.4. The SMILES string of the molecule is CC(=O)N(CCONC(=O)N1CSc2cc(OC(F)(F)F)ccc21)NCc1ccccc1Cl. The van der Waals surface area contributed by atoms with Crippen LogP contribution in [0.2, 0.25) is 5.02 Å². The van der Waals surface area contributed by atoms with E-state index in [1.807, 2.05) is 12.1 Å². The average molecular weight is 505 g/mol. The van der Waals surface area contributed by atoms with Crippen LogP contribution in [0.25, 0.3) is 0 Å². The molecule has 2 N–H and O–H groups in total. The Morgan fingerprint density at radius 3 is 2.70 bits per heavy atom. The van der Waals surface area contributed by atoms with Crippen LogP contribution in [0.15, 0.2) is 47.4 Å². The van der Waals surface area contributed by atoms with Crippen molar-refractivity contribution in [3.8, 4) is 5.75 Å². The first-order valence-corrected chi connectivity index (χ1v) is 11.0. The van der Waals surface area contributed by atoms with Gasteiger partial charge >= 0.3 is 12.4 Å². The van der Waals surface area contributed by atoms with Crippen molar-refractivity contribution in [2.24, 2.45) is 0 Å². The van der Waals surface area contributed by atoms with Crippen molar-refractivity contribution < 1.29 is 32.3 Å². The van der Waals surface area contributed by atoms with Gasteiger partial charge in [-0.3, -0.25) is 19.5 Å². The molecule has 0 atom stereocenters. The number of carbonyl (C=O) groups excluding carboxylic acids is 2. The van der Waals surface area contributed by atoms with Crippen molar-refractivity contribution in [2.75, 3.05) is 23.9 Å². The van der Waals surface area contributed by atoms with E-state index in [0.717, 1.165) is 11.6 Å². The molecule has 0 spiro atoms. The number of halogens is 4. The lowest BCUT2D eigenvalue weighted by molar-refractivity contribution is -0.274. The van der Waals surface area contributed by atoms with E-state index in [4.69, 9.17) is 16.4 Å². The standard InChI is InChI=1S/C20H20ClF3N4O4S/c1-13(29)28(25-11-14-4-2-3-5-16(14)21)8-9-31-26-19(30)27-12-33-18-10-15(6-7-17(18)27)32-20(22,23)24/h2-7,10,25H,8-9,11-12H2,1H3,(H,26,30). The molecule has 13 heteroatoms. The van der Waals surface area contributed by atoms with Crippen molar-refractivity contribution in [1.29, 1.82) is 0 Å². The Kier molecular flexibility index (Phi) is 8.30. The number of hydrogen-bond acceptors (Lipinski definition) is 6. The summed E-state index contributed by atoms with van der Waals surface area (Å²) in [4.78, 5) is 31.2. The monoisotopic (exact) mass is 504 g/mol. The van der Waals surface area contributed by atoms with Gasteiger partial charge in [0.05, 0.1) is 24.7 Å². The average Bonchev–Trinajstić information content (AvgIpc) is 3.16. The number of benzene rings is 2. The third-order valence-corrected chi connectivity index (χ3v) is 5.82. The largest absolute Gasteiger partial charge is 0.573 e. The highest BCUT2D eigenvalue weighted by Gasteiger charge is 2.32. The topological polar surface area (TPSA) is 83.1 Å². The summed E-state index contributed by atoms with van der Waals surface area (Å²) < 4.78 is 41.0. The minimum atomic E-state index is -4.79. The highest BCUT2D eigenvalue weighted by atomic mass is 35.5. The van der Waals surface area contributed by atoms with Crippen molar-refractivity contribution >= 4 is 41.0 Å². The molecule has 0 fully saturated rings. The molecular formula is C20H20ClF3N4O4S. The zero-order valence-electron chi connectivity index (χ0n) is 17.3. The number of nitrogens with one attached hydrogen (secondary N) is 2. The van der Waals surface area contributed by atoms with E-state index in [0.29, 0.717) is 22.2 Å². The smallest absolute Gasteiger partial charge is 0.406 e. The van der Waals surface area contributed by atoms with E-state index in [2.05, 4.69) is 15.6 Å². The van der Waals surface area contributed by atoms with Crippen molar-refractivity contribution in [3.05, 3.63) is 53.1 Å². The number of fused-ring (bicyclic) bond motifs is 1. The van der Waals surface area contributed by atoms with Gasteiger partial charge in [-0.1, -0.05) is 29.8 Å². The molecule has 0 unspecified atom stereocenters. The van der Waals surface area contributed by atoms with Gasteiger partial charge in [-0.25, -0.2) is 15.7 Å². The summed E-state index contributed by atoms with van der Waals surface area (Å²) in [5.74, 6) is -0.418. The van der Waals surface area contributed by atoms with Crippen LogP contribution in [0, 0.1) is 0 Å². The van der Waals surface area contributed by atoms with Gasteiger partial charge in [0.2, 0.25) is 5.91 Å². The number of hydrogen-bond donors (Lipinski definition) is 2. The van der Waals surface area contributed by atoms with Crippen LogP contribution >= 0.6 is 23.4 Å². The van der Waals surface area contributed by atoms with Gasteiger partial charge in [0, 0.05) is 23.4 Å². The lowest BCUT2D eigenvalue weighted by Crippen LogP contribution is -2.45. The summed E-state index contributed by atoms with van der Waals surface area (Å²) in [5.41, 5.74) is 6.47. The first kappa shape index (κ1) is 25.0. The summed E-state index contributed by atoms with van der Waals surface area (Å²) in [7, 11) is 0. The first-order chi connectivity index (χ1) is 15.6. The number of hydrazine groups is 1. The predicted octanol–water partition coefficient (Wildman–Crippen LogP) is 4.30. The second-order valence-corrected chi connectivity index (χ2v) is 8.13. The highest BCUT2D eigenvalue weighted by Crippen LogP contribution is 2.41. The summed E-state index contributed by atoms with van der Waals surface area (Å²) in [6.45, 7) is 1.84. The lowest BCUT2D eigenvalue weighted by atomic mass is 10.2. The third kappa shape index (κ3) is 7.16. The summed E-state index contributed by atoms with van der Waals surface area (Å²) in [6, 6.07) is 10.3. The molecule has 3 rings (SSSR count). The fraction of sp³-hybridized carbons (Fsp3) is 0.300. The second-order valence-electron chi connectivity index (χ2n) is 6.73. The molecule has 3 amide bonds. The second kappa shape index (κ2) is 11.0. The van der Waals surface area contributed by atoms with Crippen LogP contribution in [-0.2, 0) is 16.2 Å². The van der Waals surface area contributed by atoms with Gasteiger partial charge in [0.15, 0.2) is 0 Å². The summed E-state index contributed by atoms with van der Waals surface area (Å²) in [6.07, 6.45) is -4.79. The molecule has 0 saturated carbocycles. The number of anilines is 1. The number of amides is 3. The molecule has 1 aliphatic heterocycles. The minimum Gasteiger partial charge on any atom is -0.406 e. The molecule has 0 aromatic heterocycles. The fourth-order valence-corrected chi connectivity index (χ4v) is 4.13. The molecular weight excluding hydrogens is 485 g/mol. The number of rotatable bonds is 8. The molecule has 0 aliphatic carbocycles. The molecule has 0 saturated heterocycles. The number of thioether (sulfide) groups is 1. The third-order valence-electron chi connectivity index (χ3n) is 4.42. The minimum absolute atomic E-state index is 0.00690. The number of alkyl halides is 3. The Labute approximate surface area is 196 Å². The van der Waals surface area contributed by atoms with Gasteiger partial charge in [0.1, 0.15) is 5.75 Å². The molecule has 0 bridgehead atoms. The zero-order valence-corrected chi connectivity index (χ0v) is 18.9. The van der Waals surface area contributed by atoms with Gasteiger partial charge in [-0.2, -0.15) is 0 Å². The van der Waals surface area contributed by atoms with Crippen LogP contribution in [0.1, 0.15) is 12.5 Å². The Morgan fingerprint density at radius 1 is 1.24 bits per heavy atom. The van der Waals surface area contributed by atoms with Gasteiger partial charge in [0.25, 0.3) is 0 Å². The predicted molar refractivity (Wildman–Crippen MR) is 116 cm³/mol. The first-order valence-electron chi connectivity index (χ1n) is 9.61. The summed E-state index contributed by atoms with van der Waals surface area (Å²) >= 11 is 7.29. The maximum Gasteiger partial charge on any atom is 0.573 e. The van der Waals surface area contributed by atoms with E-state index in [1.54, 1.807) is 12.1 Å². The highest BCUT2D eigenvalue weighted by molar-refractivity contribution is 8.00. The van der Waals surface area contributed by atoms with E-state index in [9.17, 15) is 22.8 Å². The number of urea groups is 1. The molecule has 1 heterocycles. The van der Waals surface area contributed by atoms with Crippen LogP contribution < -0.4 is 20.5 Å². The molecule has 1 aliphatic rings. The lowest BCUT2D eigenvalue weighted by Gasteiger charge is -2.23. The van der Waals surface area contributed by atoms with E-state index in [1.165, 1.54) is 40.7 Å². The quantitative estimate of drug-likeness (QED) is 0.412. The van der Waals surface area contributed by atoms with Crippen molar-refractivity contribution in [2.45, 2.75) is 24.7 Å². The fourth-order valence-electron chi connectivity index (χ4n) is 2.88. The number of ether oxygens (including phenoxy) is 1. The number of hydroxylamine groups is 1. The molecule has 2 aromatic carbocycles. The molecule has 178 valence electrons. The van der Waals surface area contributed by atoms with E-state index < -0.39 is 12.4 Å². The van der Waals surface area contributed by atoms with Crippen LogP contribution in [0.3, 0.4) is 0 Å². The number of carbonyl (C=O) groups is 2. The van der Waals surface area contributed by atoms with Crippen molar-refractivity contribution in [3.63, 3.8) is 0 Å². The molecule has 33 heavy (non-hydrogen) atoms. The molecule has 2 aromatic rings. The molecule has 8 nitrogen and oxygen atoms in total.